The van der Waals surface area contributed by atoms with Crippen molar-refractivity contribution in [1.82, 2.24) is 0 Å². The minimum atomic E-state index is -0.104. The van der Waals surface area contributed by atoms with Gasteiger partial charge in [-0.1, -0.05) is 35.9 Å². The molecule has 0 unspecified atom stereocenters. The van der Waals surface area contributed by atoms with Crippen LogP contribution in [0, 0.1) is 0 Å². The summed E-state index contributed by atoms with van der Waals surface area (Å²) in [6, 6.07) is 18.1. The number of halogens is 2. The molecule has 0 saturated heterocycles. The molecule has 0 saturated carbocycles. The van der Waals surface area contributed by atoms with Crippen LogP contribution in [0.2, 0.25) is 5.02 Å². The molecule has 0 spiro atoms. The number of hydrogen-bond acceptors (Lipinski definition) is 4. The van der Waals surface area contributed by atoms with Crippen molar-refractivity contribution < 1.29 is 19.0 Å². The highest BCUT2D eigenvalue weighted by Crippen LogP contribution is 2.30. The lowest BCUT2D eigenvalue weighted by Crippen LogP contribution is -2.00. The van der Waals surface area contributed by atoms with Crippen molar-refractivity contribution in [2.45, 2.75) is 6.61 Å². The van der Waals surface area contributed by atoms with Gasteiger partial charge in [-0.25, -0.2) is 0 Å². The molecule has 0 aliphatic rings. The molecule has 0 N–H and O–H groups in total. The normalized spacial score (nSPS) is 10.8. The van der Waals surface area contributed by atoms with Crippen LogP contribution in [-0.4, -0.2) is 20.0 Å². The maximum atomic E-state index is 12.5. The zero-order valence-electron chi connectivity index (χ0n) is 16.5. The molecule has 0 aliphatic carbocycles. The summed E-state index contributed by atoms with van der Waals surface area (Å²) in [6.45, 7) is 0.301. The van der Waals surface area contributed by atoms with Crippen LogP contribution in [0.25, 0.3) is 6.08 Å². The van der Waals surface area contributed by atoms with E-state index in [9.17, 15) is 4.79 Å². The van der Waals surface area contributed by atoms with Gasteiger partial charge in [-0.05, 0) is 70.0 Å². The van der Waals surface area contributed by atoms with Crippen LogP contribution in [0.1, 0.15) is 21.5 Å². The smallest absolute Gasteiger partial charge is 0.185 e. The highest BCUT2D eigenvalue weighted by molar-refractivity contribution is 9.10. The number of allylic oxidation sites excluding steroid dienone is 1. The molecule has 3 aromatic rings. The Morgan fingerprint density at radius 3 is 2.53 bits per heavy atom. The molecule has 0 aliphatic heterocycles. The first-order chi connectivity index (χ1) is 14.5. The van der Waals surface area contributed by atoms with Crippen molar-refractivity contribution in [3.63, 3.8) is 0 Å². The van der Waals surface area contributed by atoms with E-state index in [0.717, 1.165) is 15.6 Å². The number of carbonyl (C=O) groups is 1. The van der Waals surface area contributed by atoms with Gasteiger partial charge in [-0.2, -0.15) is 0 Å². The van der Waals surface area contributed by atoms with Gasteiger partial charge in [-0.15, -0.1) is 0 Å². The molecule has 154 valence electrons. The molecule has 0 bridgehead atoms. The maximum Gasteiger partial charge on any atom is 0.185 e. The van der Waals surface area contributed by atoms with Gasteiger partial charge in [0.05, 0.1) is 18.7 Å². The van der Waals surface area contributed by atoms with Crippen molar-refractivity contribution in [2.24, 2.45) is 0 Å². The van der Waals surface area contributed by atoms with Gasteiger partial charge in [0.2, 0.25) is 0 Å². The van der Waals surface area contributed by atoms with E-state index in [-0.39, 0.29) is 5.78 Å². The standard InChI is InChI=1S/C24H20BrClO4/c1-28-20-5-3-4-17(13-20)22(27)9-6-16-7-10-23(29-2)18(12-16)15-30-24-11-8-19(26)14-21(24)25/h3-14H,15H2,1-2H3/b9-6+. The fourth-order valence-corrected chi connectivity index (χ4v) is 3.60. The van der Waals surface area contributed by atoms with Crippen molar-refractivity contribution >= 4 is 39.4 Å². The first kappa shape index (κ1) is 21.9. The number of ketones is 1. The van der Waals surface area contributed by atoms with Crippen LogP contribution in [-0.2, 0) is 6.61 Å². The Balaban J connectivity index is 1.76. The van der Waals surface area contributed by atoms with Gasteiger partial charge in [0.1, 0.15) is 23.9 Å². The summed E-state index contributed by atoms with van der Waals surface area (Å²) >= 11 is 9.42. The fourth-order valence-electron chi connectivity index (χ4n) is 2.81. The summed E-state index contributed by atoms with van der Waals surface area (Å²) in [4.78, 5) is 12.5. The van der Waals surface area contributed by atoms with Crippen molar-refractivity contribution in [1.29, 1.82) is 0 Å². The van der Waals surface area contributed by atoms with E-state index in [1.807, 2.05) is 18.2 Å². The van der Waals surface area contributed by atoms with Crippen molar-refractivity contribution in [3.05, 3.63) is 92.9 Å². The Hall–Kier alpha value is -2.76. The summed E-state index contributed by atoms with van der Waals surface area (Å²) in [5.41, 5.74) is 2.28. The predicted molar refractivity (Wildman–Crippen MR) is 123 cm³/mol. The lowest BCUT2D eigenvalue weighted by Gasteiger charge is -2.12. The summed E-state index contributed by atoms with van der Waals surface area (Å²) in [6.07, 6.45) is 3.31. The molecule has 0 heterocycles. The molecule has 0 aromatic heterocycles. The minimum absolute atomic E-state index is 0.104. The van der Waals surface area contributed by atoms with Crippen molar-refractivity contribution in [3.8, 4) is 17.2 Å². The molecule has 4 nitrogen and oxygen atoms in total. The molecule has 0 amide bonds. The van der Waals surface area contributed by atoms with Gasteiger partial charge in [0, 0.05) is 16.1 Å². The number of methoxy groups -OCH3 is 2. The Bertz CT molecular complexity index is 1080. The first-order valence-electron chi connectivity index (χ1n) is 9.11. The summed E-state index contributed by atoms with van der Waals surface area (Å²) in [7, 11) is 3.18. The lowest BCUT2D eigenvalue weighted by atomic mass is 10.1. The maximum absolute atomic E-state index is 12.5. The molecule has 3 aromatic carbocycles. The predicted octanol–water partition coefficient (Wildman–Crippen LogP) is 6.59. The molecule has 3 rings (SSSR count). The molecule has 0 fully saturated rings. The van der Waals surface area contributed by atoms with E-state index in [4.69, 9.17) is 25.8 Å². The Morgan fingerprint density at radius 1 is 1.00 bits per heavy atom. The second-order valence-electron chi connectivity index (χ2n) is 6.36. The third-order valence-corrected chi connectivity index (χ3v) is 5.22. The van der Waals surface area contributed by atoms with E-state index >= 15 is 0 Å². The van der Waals surface area contributed by atoms with Gasteiger partial charge in [0.15, 0.2) is 5.78 Å². The van der Waals surface area contributed by atoms with E-state index in [2.05, 4.69) is 15.9 Å². The van der Waals surface area contributed by atoms with Crippen LogP contribution in [0.5, 0.6) is 17.2 Å². The number of rotatable bonds is 8. The van der Waals surface area contributed by atoms with E-state index in [1.165, 1.54) is 6.08 Å². The summed E-state index contributed by atoms with van der Waals surface area (Å²) in [5, 5.41) is 0.625. The summed E-state index contributed by atoms with van der Waals surface area (Å²) < 4.78 is 17.3. The van der Waals surface area contributed by atoms with Gasteiger partial charge < -0.3 is 14.2 Å². The second kappa shape index (κ2) is 10.3. The monoisotopic (exact) mass is 486 g/mol. The van der Waals surface area contributed by atoms with E-state index in [0.29, 0.717) is 34.4 Å². The number of benzene rings is 3. The van der Waals surface area contributed by atoms with Crippen LogP contribution >= 0.6 is 27.5 Å². The Morgan fingerprint density at radius 2 is 1.80 bits per heavy atom. The first-order valence-corrected chi connectivity index (χ1v) is 10.3. The number of ether oxygens (including phenoxy) is 3. The van der Waals surface area contributed by atoms with Crippen LogP contribution < -0.4 is 14.2 Å². The van der Waals surface area contributed by atoms with Crippen LogP contribution in [0.15, 0.2) is 71.2 Å². The van der Waals surface area contributed by atoms with Crippen molar-refractivity contribution in [2.75, 3.05) is 14.2 Å². The SMILES string of the molecule is COc1cccc(C(=O)/C=C/c2ccc(OC)c(COc3ccc(Cl)cc3Br)c2)c1. The second-order valence-corrected chi connectivity index (χ2v) is 7.66. The Kier molecular flexibility index (Phi) is 7.55. The molecule has 6 heteroatoms. The molecular weight excluding hydrogens is 468 g/mol. The largest absolute Gasteiger partial charge is 0.497 e. The summed E-state index contributed by atoms with van der Waals surface area (Å²) in [5.74, 6) is 1.92. The lowest BCUT2D eigenvalue weighted by molar-refractivity contribution is 0.104. The van der Waals surface area contributed by atoms with E-state index < -0.39 is 0 Å². The third-order valence-electron chi connectivity index (χ3n) is 4.36. The number of carbonyl (C=O) groups excluding carboxylic acids is 1. The van der Waals surface area contributed by atoms with Gasteiger partial charge >= 0.3 is 0 Å². The molecular formula is C24H20BrClO4. The van der Waals surface area contributed by atoms with Gasteiger partial charge in [-0.3, -0.25) is 4.79 Å². The molecule has 0 radical (unpaired) electrons. The number of hydrogen-bond donors (Lipinski definition) is 0. The van der Waals surface area contributed by atoms with E-state index in [1.54, 1.807) is 62.8 Å². The highest BCUT2D eigenvalue weighted by atomic mass is 79.9. The quantitative estimate of drug-likeness (QED) is 0.265. The third kappa shape index (κ3) is 5.65. The topological polar surface area (TPSA) is 44.8 Å². The molecule has 30 heavy (non-hydrogen) atoms. The molecule has 0 atom stereocenters. The average Bonchev–Trinajstić information content (AvgIpc) is 2.77. The van der Waals surface area contributed by atoms with Gasteiger partial charge in [0.25, 0.3) is 0 Å². The minimum Gasteiger partial charge on any atom is -0.497 e. The zero-order valence-corrected chi connectivity index (χ0v) is 18.9. The fraction of sp³-hybridized carbons (Fsp3) is 0.125. The average molecular weight is 488 g/mol. The van der Waals surface area contributed by atoms with Crippen LogP contribution in [0.3, 0.4) is 0 Å². The highest BCUT2D eigenvalue weighted by Gasteiger charge is 2.08. The zero-order chi connectivity index (χ0) is 21.5. The van der Waals surface area contributed by atoms with Crippen LogP contribution in [0.4, 0.5) is 0 Å². The Labute approximate surface area is 189 Å².